The van der Waals surface area contributed by atoms with Gasteiger partial charge in [-0.05, 0) is 40.2 Å². The van der Waals surface area contributed by atoms with Crippen LogP contribution in [0.2, 0.25) is 0 Å². The normalized spacial score (nSPS) is 13.9. The fourth-order valence-electron chi connectivity index (χ4n) is 2.23. The molecular weight excluding hydrogens is 266 g/mol. The van der Waals surface area contributed by atoms with E-state index in [1.165, 1.54) is 32.1 Å². The molecule has 0 aliphatic heterocycles. The van der Waals surface area contributed by atoms with Crippen LogP contribution in [0.5, 0.6) is 0 Å². The van der Waals surface area contributed by atoms with Crippen molar-refractivity contribution in [1.82, 2.24) is 5.32 Å². The molecule has 0 fully saturated rings. The Labute approximate surface area is 131 Å². The van der Waals surface area contributed by atoms with Crippen molar-refractivity contribution in [2.45, 2.75) is 77.7 Å². The molecule has 0 amide bonds. The van der Waals surface area contributed by atoms with Crippen molar-refractivity contribution in [2.75, 3.05) is 26.9 Å². The zero-order valence-corrected chi connectivity index (χ0v) is 14.5. The summed E-state index contributed by atoms with van der Waals surface area (Å²) in [7, 11) is 1.80. The molecule has 4 nitrogen and oxygen atoms in total. The molecule has 0 saturated carbocycles. The minimum Gasteiger partial charge on any atom is -0.465 e. The molecule has 0 aromatic heterocycles. The van der Waals surface area contributed by atoms with E-state index in [-0.39, 0.29) is 5.97 Å². The monoisotopic (exact) mass is 301 g/mol. The van der Waals surface area contributed by atoms with Gasteiger partial charge in [0.2, 0.25) is 0 Å². The van der Waals surface area contributed by atoms with Crippen LogP contribution >= 0.6 is 0 Å². The van der Waals surface area contributed by atoms with Gasteiger partial charge in [-0.3, -0.25) is 4.79 Å². The number of ether oxygens (including phenoxy) is 2. The lowest BCUT2D eigenvalue weighted by Gasteiger charge is -2.26. The molecule has 0 radical (unpaired) electrons. The molecule has 0 aliphatic carbocycles. The van der Waals surface area contributed by atoms with Gasteiger partial charge in [-0.1, -0.05) is 39.0 Å². The van der Waals surface area contributed by atoms with E-state index in [0.717, 1.165) is 25.9 Å². The smallest absolute Gasteiger partial charge is 0.326 e. The number of nitrogens with one attached hydrogen (secondary N) is 1. The highest BCUT2D eigenvalue weighted by atomic mass is 16.5. The molecular formula is C17H35NO3. The highest BCUT2D eigenvalue weighted by Crippen LogP contribution is 2.14. The number of unbranched alkanes of at least 4 members (excludes halogenated alkanes) is 5. The largest absolute Gasteiger partial charge is 0.465 e. The van der Waals surface area contributed by atoms with Crippen LogP contribution in [0.1, 0.15) is 72.1 Å². The van der Waals surface area contributed by atoms with Crippen molar-refractivity contribution in [1.29, 1.82) is 0 Å². The summed E-state index contributed by atoms with van der Waals surface area (Å²) in [5.41, 5.74) is -0.598. The molecule has 1 unspecified atom stereocenters. The van der Waals surface area contributed by atoms with Crippen LogP contribution in [-0.2, 0) is 14.3 Å². The second-order valence-corrected chi connectivity index (χ2v) is 5.79. The van der Waals surface area contributed by atoms with Crippen molar-refractivity contribution in [3.05, 3.63) is 0 Å². The van der Waals surface area contributed by atoms with Crippen molar-refractivity contribution in [3.8, 4) is 0 Å². The molecule has 0 rings (SSSR count). The molecule has 0 aromatic rings. The molecule has 0 heterocycles. The number of rotatable bonds is 14. The fourth-order valence-corrected chi connectivity index (χ4v) is 2.23. The Hall–Kier alpha value is -0.610. The molecule has 126 valence electrons. The molecule has 0 spiro atoms. The summed E-state index contributed by atoms with van der Waals surface area (Å²) in [6, 6.07) is 0. The number of likely N-dealkylation sites (N-methyl/N-ethyl adjacent to an activating group) is 1. The lowest BCUT2D eigenvalue weighted by atomic mass is 9.96. The first-order valence-electron chi connectivity index (χ1n) is 8.54. The quantitative estimate of drug-likeness (QED) is 0.393. The Balaban J connectivity index is 3.57. The van der Waals surface area contributed by atoms with Crippen molar-refractivity contribution in [3.63, 3.8) is 0 Å². The summed E-state index contributed by atoms with van der Waals surface area (Å²) in [5.74, 6) is -0.177. The van der Waals surface area contributed by atoms with Crippen molar-refractivity contribution < 1.29 is 14.3 Å². The number of carbonyl (C=O) groups is 1. The van der Waals surface area contributed by atoms with Gasteiger partial charge >= 0.3 is 5.97 Å². The van der Waals surface area contributed by atoms with Gasteiger partial charge in [0.15, 0.2) is 0 Å². The molecule has 0 saturated heterocycles. The van der Waals surface area contributed by atoms with Gasteiger partial charge in [0.1, 0.15) is 5.54 Å². The second kappa shape index (κ2) is 13.1. The first kappa shape index (κ1) is 20.4. The number of carbonyl (C=O) groups excluding carboxylic acids is 1. The summed E-state index contributed by atoms with van der Waals surface area (Å²) in [6.45, 7) is 7.92. The topological polar surface area (TPSA) is 47.6 Å². The lowest BCUT2D eigenvalue weighted by molar-refractivity contribution is -0.150. The summed E-state index contributed by atoms with van der Waals surface area (Å²) < 4.78 is 10.7. The van der Waals surface area contributed by atoms with Crippen LogP contribution in [0.4, 0.5) is 0 Å². The van der Waals surface area contributed by atoms with Gasteiger partial charge in [-0.25, -0.2) is 0 Å². The average Bonchev–Trinajstić information content (AvgIpc) is 2.49. The summed E-state index contributed by atoms with van der Waals surface area (Å²) in [4.78, 5) is 11.9. The van der Waals surface area contributed by atoms with E-state index in [2.05, 4.69) is 12.2 Å². The van der Waals surface area contributed by atoms with Crippen LogP contribution in [0.25, 0.3) is 0 Å². The maximum Gasteiger partial charge on any atom is 0.326 e. The first-order chi connectivity index (χ1) is 10.1. The van der Waals surface area contributed by atoms with E-state index >= 15 is 0 Å². The molecule has 21 heavy (non-hydrogen) atoms. The fraction of sp³-hybridized carbons (Fsp3) is 0.941. The van der Waals surface area contributed by atoms with E-state index in [4.69, 9.17) is 9.47 Å². The van der Waals surface area contributed by atoms with Crippen LogP contribution < -0.4 is 5.32 Å². The van der Waals surface area contributed by atoms with Crippen molar-refractivity contribution >= 4 is 5.97 Å². The van der Waals surface area contributed by atoms with Crippen molar-refractivity contribution in [2.24, 2.45) is 0 Å². The van der Waals surface area contributed by atoms with Crippen LogP contribution in [0.3, 0.4) is 0 Å². The summed E-state index contributed by atoms with van der Waals surface area (Å²) >= 11 is 0. The predicted molar refractivity (Wildman–Crippen MR) is 87.5 cm³/mol. The predicted octanol–water partition coefficient (Wildman–Crippen LogP) is 3.68. The Bertz CT molecular complexity index is 258. The molecule has 1 N–H and O–H groups in total. The highest BCUT2D eigenvalue weighted by molar-refractivity contribution is 5.80. The number of hydrogen-bond donors (Lipinski definition) is 1. The molecule has 0 aliphatic rings. The molecule has 1 atom stereocenters. The van der Waals surface area contributed by atoms with Crippen LogP contribution in [0, 0.1) is 0 Å². The average molecular weight is 301 g/mol. The van der Waals surface area contributed by atoms with Gasteiger partial charge in [0, 0.05) is 13.2 Å². The van der Waals surface area contributed by atoms with Gasteiger partial charge in [-0.2, -0.15) is 0 Å². The standard InChI is InChI=1S/C17H35NO3/c1-5-7-8-9-10-11-14-20-15-12-13-17(3,18-4)16(19)21-6-2/h18H,5-15H2,1-4H3. The third-order valence-electron chi connectivity index (χ3n) is 3.89. The minimum atomic E-state index is -0.598. The van der Waals surface area contributed by atoms with E-state index < -0.39 is 5.54 Å². The van der Waals surface area contributed by atoms with Gasteiger partial charge in [0.25, 0.3) is 0 Å². The number of hydrogen-bond acceptors (Lipinski definition) is 4. The summed E-state index contributed by atoms with van der Waals surface area (Å²) in [5, 5.41) is 3.06. The Kier molecular flexibility index (Phi) is 12.7. The maximum atomic E-state index is 11.9. The van der Waals surface area contributed by atoms with E-state index in [1.807, 2.05) is 13.8 Å². The number of esters is 1. The van der Waals surface area contributed by atoms with Crippen LogP contribution in [-0.4, -0.2) is 38.4 Å². The van der Waals surface area contributed by atoms with Gasteiger partial charge in [0.05, 0.1) is 6.61 Å². The maximum absolute atomic E-state index is 11.9. The first-order valence-corrected chi connectivity index (χ1v) is 8.54. The van der Waals surface area contributed by atoms with E-state index in [0.29, 0.717) is 13.2 Å². The summed E-state index contributed by atoms with van der Waals surface area (Å²) in [6.07, 6.45) is 9.31. The Morgan fingerprint density at radius 3 is 2.24 bits per heavy atom. The van der Waals surface area contributed by atoms with Gasteiger partial charge in [-0.15, -0.1) is 0 Å². The van der Waals surface area contributed by atoms with E-state index in [9.17, 15) is 4.79 Å². The molecule has 4 heteroatoms. The zero-order chi connectivity index (χ0) is 16.0. The Morgan fingerprint density at radius 2 is 1.62 bits per heavy atom. The van der Waals surface area contributed by atoms with E-state index in [1.54, 1.807) is 7.05 Å². The highest BCUT2D eigenvalue weighted by Gasteiger charge is 2.32. The third kappa shape index (κ3) is 9.86. The lowest BCUT2D eigenvalue weighted by Crippen LogP contribution is -2.48. The Morgan fingerprint density at radius 1 is 1.00 bits per heavy atom. The SMILES string of the molecule is CCCCCCCCOCCCC(C)(NC)C(=O)OCC. The third-order valence-corrected chi connectivity index (χ3v) is 3.89. The minimum absolute atomic E-state index is 0.177. The second-order valence-electron chi connectivity index (χ2n) is 5.79. The van der Waals surface area contributed by atoms with Gasteiger partial charge < -0.3 is 14.8 Å². The molecule has 0 aromatic carbocycles. The zero-order valence-electron chi connectivity index (χ0n) is 14.5. The van der Waals surface area contributed by atoms with Crippen LogP contribution in [0.15, 0.2) is 0 Å². The molecule has 0 bridgehead atoms.